The Balaban J connectivity index is 0.00000225. The average molecular weight is 376 g/mol. The van der Waals surface area contributed by atoms with E-state index in [9.17, 15) is 18.0 Å². The molecule has 0 bridgehead atoms. The van der Waals surface area contributed by atoms with Crippen molar-refractivity contribution in [3.63, 3.8) is 0 Å². The van der Waals surface area contributed by atoms with Gasteiger partial charge >= 0.3 is 6.18 Å². The van der Waals surface area contributed by atoms with Gasteiger partial charge in [0.15, 0.2) is 5.69 Å². The molecule has 0 radical (unpaired) electrons. The van der Waals surface area contributed by atoms with Crippen LogP contribution in [0.5, 0.6) is 0 Å². The van der Waals surface area contributed by atoms with Gasteiger partial charge in [-0.05, 0) is 19.1 Å². The van der Waals surface area contributed by atoms with Gasteiger partial charge in [-0.3, -0.25) is 4.79 Å². The molecular formula is C15H17ClF3N5O. The molecule has 0 aliphatic carbocycles. The van der Waals surface area contributed by atoms with E-state index >= 15 is 0 Å². The van der Waals surface area contributed by atoms with Crippen LogP contribution in [0.2, 0.25) is 0 Å². The Morgan fingerprint density at radius 3 is 2.72 bits per heavy atom. The molecule has 0 saturated carbocycles. The van der Waals surface area contributed by atoms with Crippen LogP contribution in [0, 0.1) is 0 Å². The molecule has 1 aliphatic heterocycles. The number of benzene rings is 1. The summed E-state index contributed by atoms with van der Waals surface area (Å²) in [5, 5.41) is 10.7. The van der Waals surface area contributed by atoms with Gasteiger partial charge in [0, 0.05) is 25.7 Å². The quantitative estimate of drug-likeness (QED) is 0.873. The summed E-state index contributed by atoms with van der Waals surface area (Å²) in [6.07, 6.45) is -3.28. The van der Waals surface area contributed by atoms with Crippen molar-refractivity contribution in [2.75, 3.05) is 19.6 Å². The lowest BCUT2D eigenvalue weighted by Crippen LogP contribution is -2.51. The van der Waals surface area contributed by atoms with Gasteiger partial charge in [0.1, 0.15) is 0 Å². The van der Waals surface area contributed by atoms with E-state index in [0.29, 0.717) is 19.6 Å². The number of amides is 1. The van der Waals surface area contributed by atoms with Crippen molar-refractivity contribution in [2.24, 2.45) is 0 Å². The number of hydrogen-bond donors (Lipinski definition) is 1. The van der Waals surface area contributed by atoms with Crippen molar-refractivity contribution in [1.29, 1.82) is 0 Å². The van der Waals surface area contributed by atoms with Crippen LogP contribution in [-0.2, 0) is 6.18 Å². The molecule has 1 aliphatic rings. The molecule has 1 amide bonds. The van der Waals surface area contributed by atoms with Gasteiger partial charge < -0.3 is 10.2 Å². The van der Waals surface area contributed by atoms with Crippen molar-refractivity contribution < 1.29 is 18.0 Å². The Kier molecular flexibility index (Phi) is 5.69. The van der Waals surface area contributed by atoms with Crippen molar-refractivity contribution in [1.82, 2.24) is 25.2 Å². The summed E-state index contributed by atoms with van der Waals surface area (Å²) in [4.78, 5) is 14.0. The summed E-state index contributed by atoms with van der Waals surface area (Å²) in [7, 11) is 0. The lowest BCUT2D eigenvalue weighted by molar-refractivity contribution is -0.137. The number of alkyl halides is 3. The molecule has 1 N–H and O–H groups in total. The molecule has 136 valence electrons. The van der Waals surface area contributed by atoms with Gasteiger partial charge in [-0.15, -0.1) is 17.5 Å². The van der Waals surface area contributed by atoms with Crippen LogP contribution in [0.15, 0.2) is 30.5 Å². The molecule has 1 saturated heterocycles. The lowest BCUT2D eigenvalue weighted by Gasteiger charge is -2.31. The van der Waals surface area contributed by atoms with E-state index in [0.717, 1.165) is 10.7 Å². The van der Waals surface area contributed by atoms with E-state index in [4.69, 9.17) is 0 Å². The first kappa shape index (κ1) is 19.2. The van der Waals surface area contributed by atoms with E-state index in [2.05, 4.69) is 15.6 Å². The lowest BCUT2D eigenvalue weighted by atomic mass is 10.1. The molecule has 6 nitrogen and oxygen atoms in total. The number of para-hydroxylation sites is 1. The van der Waals surface area contributed by atoms with Crippen LogP contribution in [-0.4, -0.2) is 51.5 Å². The molecule has 0 spiro atoms. The van der Waals surface area contributed by atoms with Crippen LogP contribution >= 0.6 is 12.4 Å². The molecule has 2 aromatic rings. The van der Waals surface area contributed by atoms with Crippen LogP contribution in [0.3, 0.4) is 0 Å². The smallest absolute Gasteiger partial charge is 0.334 e. The fraction of sp³-hybridized carbons (Fsp3) is 0.400. The number of aromatic nitrogens is 3. The second-order valence-electron chi connectivity index (χ2n) is 5.67. The molecule has 1 aromatic carbocycles. The topological polar surface area (TPSA) is 63.1 Å². The van der Waals surface area contributed by atoms with E-state index in [1.807, 2.05) is 6.92 Å². The minimum Gasteiger partial charge on any atom is -0.334 e. The van der Waals surface area contributed by atoms with Crippen molar-refractivity contribution in [2.45, 2.75) is 19.1 Å². The minimum absolute atomic E-state index is 0. The van der Waals surface area contributed by atoms with E-state index < -0.39 is 11.7 Å². The van der Waals surface area contributed by atoms with Crippen molar-refractivity contribution >= 4 is 18.3 Å². The van der Waals surface area contributed by atoms with E-state index in [1.54, 1.807) is 4.90 Å². The fourth-order valence-electron chi connectivity index (χ4n) is 2.67. The Hall–Kier alpha value is -2.13. The minimum atomic E-state index is -4.51. The van der Waals surface area contributed by atoms with Gasteiger partial charge in [0.25, 0.3) is 5.91 Å². The number of carbonyl (C=O) groups is 1. The number of nitrogens with one attached hydrogen (secondary N) is 1. The monoisotopic (exact) mass is 375 g/mol. The highest BCUT2D eigenvalue weighted by molar-refractivity contribution is 5.92. The molecule has 25 heavy (non-hydrogen) atoms. The second kappa shape index (κ2) is 7.40. The van der Waals surface area contributed by atoms with Gasteiger partial charge in [0.2, 0.25) is 0 Å². The van der Waals surface area contributed by atoms with Crippen molar-refractivity contribution in [3.05, 3.63) is 41.7 Å². The van der Waals surface area contributed by atoms with Crippen LogP contribution < -0.4 is 5.32 Å². The fourth-order valence-corrected chi connectivity index (χ4v) is 2.67. The molecular weight excluding hydrogens is 359 g/mol. The van der Waals surface area contributed by atoms with Gasteiger partial charge in [-0.2, -0.15) is 13.2 Å². The molecule has 3 rings (SSSR count). The third-order valence-corrected chi connectivity index (χ3v) is 3.82. The summed E-state index contributed by atoms with van der Waals surface area (Å²) in [5.74, 6) is -0.334. The van der Waals surface area contributed by atoms with Gasteiger partial charge in [0.05, 0.1) is 17.4 Å². The zero-order valence-electron chi connectivity index (χ0n) is 13.3. The van der Waals surface area contributed by atoms with Crippen LogP contribution in [0.1, 0.15) is 23.0 Å². The van der Waals surface area contributed by atoms with Crippen molar-refractivity contribution in [3.8, 4) is 5.69 Å². The SMILES string of the molecule is CC1CN(C(=O)c2cn(-c3ccccc3C(F)(F)F)nn2)CCN1.Cl. The highest BCUT2D eigenvalue weighted by Crippen LogP contribution is 2.33. The summed E-state index contributed by atoms with van der Waals surface area (Å²) in [6, 6.07) is 5.20. The van der Waals surface area contributed by atoms with E-state index in [-0.39, 0.29) is 35.7 Å². The standard InChI is InChI=1S/C15H16F3N5O.ClH/c1-10-8-22(7-6-19-10)14(24)12-9-23(21-20-12)13-5-3-2-4-11(13)15(16,17)18;/h2-5,9-10,19H,6-8H2,1H3;1H. The Morgan fingerprint density at radius 1 is 1.32 bits per heavy atom. The summed E-state index contributed by atoms with van der Waals surface area (Å²) >= 11 is 0. The molecule has 10 heteroatoms. The van der Waals surface area contributed by atoms with Gasteiger partial charge in [-0.25, -0.2) is 4.68 Å². The zero-order chi connectivity index (χ0) is 17.3. The summed E-state index contributed by atoms with van der Waals surface area (Å²) in [6.45, 7) is 3.66. The summed E-state index contributed by atoms with van der Waals surface area (Å²) in [5.41, 5.74) is -0.962. The second-order valence-corrected chi connectivity index (χ2v) is 5.67. The number of nitrogens with zero attached hydrogens (tertiary/aromatic N) is 4. The average Bonchev–Trinajstić information content (AvgIpc) is 3.03. The first-order valence-corrected chi connectivity index (χ1v) is 7.48. The van der Waals surface area contributed by atoms with Crippen LogP contribution in [0.4, 0.5) is 13.2 Å². The zero-order valence-corrected chi connectivity index (χ0v) is 14.1. The Bertz CT molecular complexity index is 749. The largest absolute Gasteiger partial charge is 0.418 e. The number of carbonyl (C=O) groups excluding carboxylic acids is 1. The predicted molar refractivity (Wildman–Crippen MR) is 87.0 cm³/mol. The molecule has 1 fully saturated rings. The number of hydrogen-bond acceptors (Lipinski definition) is 4. The first-order valence-electron chi connectivity index (χ1n) is 7.48. The third-order valence-electron chi connectivity index (χ3n) is 3.82. The highest BCUT2D eigenvalue weighted by Gasteiger charge is 2.34. The number of rotatable bonds is 2. The first-order chi connectivity index (χ1) is 11.4. The maximum absolute atomic E-state index is 13.1. The maximum Gasteiger partial charge on any atom is 0.418 e. The molecule has 1 aromatic heterocycles. The molecule has 1 atom stereocenters. The molecule has 2 heterocycles. The van der Waals surface area contributed by atoms with Gasteiger partial charge in [-0.1, -0.05) is 17.3 Å². The summed E-state index contributed by atoms with van der Waals surface area (Å²) < 4.78 is 40.3. The Morgan fingerprint density at radius 2 is 2.04 bits per heavy atom. The number of piperazine rings is 1. The predicted octanol–water partition coefficient (Wildman–Crippen LogP) is 2.14. The maximum atomic E-state index is 13.1. The highest BCUT2D eigenvalue weighted by atomic mass is 35.5. The van der Waals surface area contributed by atoms with Crippen LogP contribution in [0.25, 0.3) is 5.69 Å². The Labute approximate surface area is 148 Å². The third kappa shape index (κ3) is 4.10. The number of halogens is 4. The normalized spacial score (nSPS) is 17.9. The van der Waals surface area contributed by atoms with E-state index in [1.165, 1.54) is 24.4 Å². The molecule has 1 unspecified atom stereocenters.